The lowest BCUT2D eigenvalue weighted by atomic mass is 9.79. The Morgan fingerprint density at radius 3 is 2.59 bits per heavy atom. The third-order valence-corrected chi connectivity index (χ3v) is 7.10. The molecule has 0 radical (unpaired) electrons. The van der Waals surface area contributed by atoms with Gasteiger partial charge in [-0.05, 0) is 44.2 Å². The van der Waals surface area contributed by atoms with E-state index in [1.54, 1.807) is 47.9 Å². The van der Waals surface area contributed by atoms with E-state index in [1.165, 1.54) is 6.08 Å². The van der Waals surface area contributed by atoms with Gasteiger partial charge in [-0.25, -0.2) is 8.78 Å². The number of nitriles is 1. The Kier molecular flexibility index (Phi) is 9.45. The zero-order valence-corrected chi connectivity index (χ0v) is 21.4. The number of benzene rings is 1. The van der Waals surface area contributed by atoms with Crippen LogP contribution < -0.4 is 5.32 Å². The predicted octanol–water partition coefficient (Wildman–Crippen LogP) is 2.51. The standard InChI is InChI=1S/C26H35BF2N4O4/c1-25(2,33-12-10-26(28,29)18-33)14-21(16-30)24(35)32-11-6-7-19(17-32)13-23(34)31-22(15-27(36)37)20-8-4-3-5-9-20/h3-5,8-9,14,19,22,36-37H,6-7,10-13,15,17-18H2,1-2H3,(H,31,34)/t19-,22+/m0/s1. The number of halogens is 2. The number of rotatable bonds is 9. The lowest BCUT2D eigenvalue weighted by Gasteiger charge is -2.35. The summed E-state index contributed by atoms with van der Waals surface area (Å²) in [4.78, 5) is 29.1. The molecule has 2 heterocycles. The second kappa shape index (κ2) is 12.2. The molecule has 0 unspecified atom stereocenters. The van der Waals surface area contributed by atoms with Crippen molar-refractivity contribution in [1.29, 1.82) is 5.26 Å². The molecule has 2 atom stereocenters. The smallest absolute Gasteiger partial charge is 0.427 e. The molecule has 2 aliphatic rings. The van der Waals surface area contributed by atoms with Crippen LogP contribution in [-0.2, 0) is 9.59 Å². The van der Waals surface area contributed by atoms with E-state index in [0.29, 0.717) is 19.5 Å². The number of alkyl halides is 2. The molecular formula is C26H35BF2N4O4. The average molecular weight is 516 g/mol. The van der Waals surface area contributed by atoms with Gasteiger partial charge in [0.2, 0.25) is 5.91 Å². The van der Waals surface area contributed by atoms with Gasteiger partial charge in [0.1, 0.15) is 11.6 Å². The highest BCUT2D eigenvalue weighted by atomic mass is 19.3. The van der Waals surface area contributed by atoms with Crippen LogP contribution >= 0.6 is 0 Å². The molecule has 2 saturated heterocycles. The summed E-state index contributed by atoms with van der Waals surface area (Å²) in [7, 11) is -1.58. The van der Waals surface area contributed by atoms with Crippen LogP contribution in [0.1, 0.15) is 51.1 Å². The summed E-state index contributed by atoms with van der Waals surface area (Å²) in [5.41, 5.74) is -0.225. The van der Waals surface area contributed by atoms with Crippen molar-refractivity contribution in [3.63, 3.8) is 0 Å². The first-order valence-electron chi connectivity index (χ1n) is 12.7. The monoisotopic (exact) mass is 516 g/mol. The maximum atomic E-state index is 13.7. The van der Waals surface area contributed by atoms with E-state index in [-0.39, 0.29) is 43.1 Å². The number of hydrogen-bond donors (Lipinski definition) is 3. The van der Waals surface area contributed by atoms with Crippen molar-refractivity contribution in [2.45, 2.75) is 63.4 Å². The van der Waals surface area contributed by atoms with Crippen LogP contribution in [0.3, 0.4) is 0 Å². The van der Waals surface area contributed by atoms with E-state index < -0.39 is 37.1 Å². The molecule has 37 heavy (non-hydrogen) atoms. The van der Waals surface area contributed by atoms with Crippen LogP contribution in [0.2, 0.25) is 6.32 Å². The molecule has 2 amide bonds. The number of nitrogens with zero attached hydrogens (tertiary/aromatic N) is 3. The number of hydrogen-bond acceptors (Lipinski definition) is 6. The Bertz CT molecular complexity index is 1030. The molecule has 3 N–H and O–H groups in total. The number of likely N-dealkylation sites (tertiary alicyclic amines) is 2. The van der Waals surface area contributed by atoms with E-state index >= 15 is 0 Å². The van der Waals surface area contributed by atoms with Gasteiger partial charge >= 0.3 is 7.12 Å². The van der Waals surface area contributed by atoms with Gasteiger partial charge in [0, 0.05) is 44.3 Å². The molecule has 8 nitrogen and oxygen atoms in total. The summed E-state index contributed by atoms with van der Waals surface area (Å²) in [6.07, 6.45) is 2.71. The van der Waals surface area contributed by atoms with Crippen molar-refractivity contribution < 1.29 is 28.4 Å². The van der Waals surface area contributed by atoms with Crippen molar-refractivity contribution in [3.8, 4) is 6.07 Å². The van der Waals surface area contributed by atoms with Gasteiger partial charge in [0.25, 0.3) is 11.8 Å². The number of piperidine rings is 1. The van der Waals surface area contributed by atoms with Crippen LogP contribution in [0.4, 0.5) is 8.78 Å². The zero-order chi connectivity index (χ0) is 27.2. The summed E-state index contributed by atoms with van der Waals surface area (Å²) in [5.74, 6) is -3.63. The first-order chi connectivity index (χ1) is 17.4. The third-order valence-electron chi connectivity index (χ3n) is 7.10. The molecule has 2 aliphatic heterocycles. The molecule has 0 aromatic heterocycles. The molecule has 0 saturated carbocycles. The lowest BCUT2D eigenvalue weighted by Crippen LogP contribution is -2.45. The Morgan fingerprint density at radius 2 is 2.00 bits per heavy atom. The third kappa shape index (κ3) is 8.09. The number of carbonyl (C=O) groups is 2. The molecule has 0 spiro atoms. The van der Waals surface area contributed by atoms with E-state index in [4.69, 9.17) is 0 Å². The molecule has 0 bridgehead atoms. The summed E-state index contributed by atoms with van der Waals surface area (Å²) in [6, 6.07) is 10.4. The maximum Gasteiger partial charge on any atom is 0.453 e. The molecule has 200 valence electrons. The zero-order valence-electron chi connectivity index (χ0n) is 21.4. The second-order valence-corrected chi connectivity index (χ2v) is 10.6. The second-order valence-electron chi connectivity index (χ2n) is 10.6. The maximum absolute atomic E-state index is 13.7. The highest BCUT2D eigenvalue weighted by Crippen LogP contribution is 2.33. The molecular weight excluding hydrogens is 481 g/mol. The first kappa shape index (κ1) is 28.8. The van der Waals surface area contributed by atoms with Crippen LogP contribution in [0.15, 0.2) is 42.0 Å². The Morgan fingerprint density at radius 1 is 1.30 bits per heavy atom. The van der Waals surface area contributed by atoms with Gasteiger partial charge in [-0.1, -0.05) is 30.3 Å². The Balaban J connectivity index is 1.62. The topological polar surface area (TPSA) is 117 Å². The fourth-order valence-electron chi connectivity index (χ4n) is 5.09. The highest BCUT2D eigenvalue weighted by molar-refractivity contribution is 6.41. The number of nitrogens with one attached hydrogen (secondary N) is 1. The van der Waals surface area contributed by atoms with Gasteiger partial charge in [-0.3, -0.25) is 14.5 Å². The molecule has 2 fully saturated rings. The molecule has 11 heteroatoms. The Hall–Kier alpha value is -2.81. The minimum Gasteiger partial charge on any atom is -0.427 e. The largest absolute Gasteiger partial charge is 0.453 e. The van der Waals surface area contributed by atoms with Crippen molar-refractivity contribution in [3.05, 3.63) is 47.5 Å². The normalized spacial score (nSPS) is 21.3. The molecule has 1 aromatic rings. The summed E-state index contributed by atoms with van der Waals surface area (Å²) in [6.45, 7) is 3.94. The minimum atomic E-state index is -2.78. The SMILES string of the molecule is CC(C)(C=C(C#N)C(=O)N1CCC[C@@H](CC(=O)N[C@H](CB(O)O)c2ccccc2)C1)N1CCC(F)(F)C1. The van der Waals surface area contributed by atoms with Gasteiger partial charge in [-0.15, -0.1) is 0 Å². The van der Waals surface area contributed by atoms with Gasteiger partial charge in [-0.2, -0.15) is 5.26 Å². The van der Waals surface area contributed by atoms with Crippen LogP contribution in [-0.4, -0.2) is 76.4 Å². The fourth-order valence-corrected chi connectivity index (χ4v) is 5.09. The van der Waals surface area contributed by atoms with Crippen molar-refractivity contribution in [2.24, 2.45) is 5.92 Å². The van der Waals surface area contributed by atoms with Crippen molar-refractivity contribution in [2.75, 3.05) is 26.2 Å². The van der Waals surface area contributed by atoms with Crippen molar-refractivity contribution in [1.82, 2.24) is 15.1 Å². The average Bonchev–Trinajstić information content (AvgIpc) is 3.22. The molecule has 1 aromatic carbocycles. The van der Waals surface area contributed by atoms with Gasteiger partial charge < -0.3 is 20.3 Å². The van der Waals surface area contributed by atoms with Gasteiger partial charge in [0.15, 0.2) is 0 Å². The summed E-state index contributed by atoms with van der Waals surface area (Å²) < 4.78 is 27.4. The van der Waals surface area contributed by atoms with E-state index in [1.807, 2.05) is 12.1 Å². The van der Waals surface area contributed by atoms with Gasteiger partial charge in [0.05, 0.1) is 12.6 Å². The highest BCUT2D eigenvalue weighted by Gasteiger charge is 2.43. The van der Waals surface area contributed by atoms with E-state index in [0.717, 1.165) is 12.0 Å². The summed E-state index contributed by atoms with van der Waals surface area (Å²) in [5, 5.41) is 31.5. The quantitative estimate of drug-likeness (QED) is 0.264. The Labute approximate surface area is 217 Å². The molecule has 0 aliphatic carbocycles. The van der Waals surface area contributed by atoms with Crippen LogP contribution in [0.25, 0.3) is 0 Å². The molecule has 3 rings (SSSR count). The van der Waals surface area contributed by atoms with Crippen LogP contribution in [0, 0.1) is 17.2 Å². The fraction of sp³-hybridized carbons (Fsp3) is 0.577. The summed E-state index contributed by atoms with van der Waals surface area (Å²) >= 11 is 0. The predicted molar refractivity (Wildman–Crippen MR) is 135 cm³/mol. The number of amides is 2. The van der Waals surface area contributed by atoms with E-state index in [9.17, 15) is 33.7 Å². The van der Waals surface area contributed by atoms with E-state index in [2.05, 4.69) is 5.32 Å². The van der Waals surface area contributed by atoms with Crippen LogP contribution in [0.5, 0.6) is 0 Å². The minimum absolute atomic E-state index is 0.0555. The number of carbonyl (C=O) groups excluding carboxylic acids is 2. The van der Waals surface area contributed by atoms with Crippen molar-refractivity contribution >= 4 is 18.9 Å². The lowest BCUT2D eigenvalue weighted by molar-refractivity contribution is -0.130. The first-order valence-corrected chi connectivity index (χ1v) is 12.7.